The van der Waals surface area contributed by atoms with E-state index in [1.54, 1.807) is 12.1 Å². The summed E-state index contributed by atoms with van der Waals surface area (Å²) in [5.41, 5.74) is 0.550. The number of carbonyl (C=O) groups is 1. The van der Waals surface area contributed by atoms with Crippen LogP contribution in [0.4, 0.5) is 0 Å². The van der Waals surface area contributed by atoms with Gasteiger partial charge in [0.15, 0.2) is 0 Å². The number of hydrogen-bond acceptors (Lipinski definition) is 3. The van der Waals surface area contributed by atoms with Crippen LogP contribution in [0.1, 0.15) is 43.0 Å². The molecule has 0 aliphatic rings. The van der Waals surface area contributed by atoms with E-state index < -0.39 is 0 Å². The first-order valence-electron chi connectivity index (χ1n) is 6.74. The second kappa shape index (κ2) is 9.84. The average molecular weight is 329 g/mol. The van der Waals surface area contributed by atoms with E-state index in [0.717, 1.165) is 36.8 Å². The molecule has 0 radical (unpaired) electrons. The predicted molar refractivity (Wildman–Crippen MR) is 80.2 cm³/mol. The Bertz CT molecular complexity index is 379. The number of unbranched alkanes of at least 4 members (excludes halogenated alkanes) is 2. The molecule has 0 aliphatic carbocycles. The minimum absolute atomic E-state index is 0.278. The number of hydrogen-bond donors (Lipinski definition) is 0. The van der Waals surface area contributed by atoms with Gasteiger partial charge in [0.2, 0.25) is 0 Å². The van der Waals surface area contributed by atoms with Crippen LogP contribution in [-0.4, -0.2) is 24.5 Å². The molecule has 1 rings (SSSR count). The van der Waals surface area contributed by atoms with Gasteiger partial charge in [0.1, 0.15) is 5.75 Å². The summed E-state index contributed by atoms with van der Waals surface area (Å²) in [4.78, 5) is 11.8. The summed E-state index contributed by atoms with van der Waals surface area (Å²) in [5.74, 6) is 0.443. The number of esters is 1. The molecule has 1 aromatic rings. The van der Waals surface area contributed by atoms with Gasteiger partial charge < -0.3 is 9.47 Å². The topological polar surface area (TPSA) is 35.5 Å². The quantitative estimate of drug-likeness (QED) is 0.387. The number of halogens is 1. The molecule has 1 aromatic carbocycles. The summed E-state index contributed by atoms with van der Waals surface area (Å²) in [6, 6.07) is 7.16. The molecule has 3 nitrogen and oxygen atoms in total. The maximum Gasteiger partial charge on any atom is 0.338 e. The third-order valence-corrected chi connectivity index (χ3v) is 3.16. The van der Waals surface area contributed by atoms with Gasteiger partial charge >= 0.3 is 5.97 Å². The van der Waals surface area contributed by atoms with Crippen molar-refractivity contribution < 1.29 is 14.3 Å². The van der Waals surface area contributed by atoms with E-state index in [0.29, 0.717) is 18.8 Å². The van der Waals surface area contributed by atoms with Crippen molar-refractivity contribution in [2.75, 3.05) is 18.5 Å². The van der Waals surface area contributed by atoms with Gasteiger partial charge in [0, 0.05) is 5.33 Å². The van der Waals surface area contributed by atoms with Gasteiger partial charge in [-0.25, -0.2) is 4.79 Å². The Balaban J connectivity index is 2.44. The second-order valence-corrected chi connectivity index (χ2v) is 5.05. The van der Waals surface area contributed by atoms with Crippen LogP contribution >= 0.6 is 15.9 Å². The molecule has 4 heteroatoms. The van der Waals surface area contributed by atoms with Crippen LogP contribution in [0, 0.1) is 0 Å². The van der Waals surface area contributed by atoms with Crippen molar-refractivity contribution in [3.05, 3.63) is 29.8 Å². The Morgan fingerprint density at radius 1 is 1.21 bits per heavy atom. The highest BCUT2D eigenvalue weighted by Crippen LogP contribution is 2.15. The molecular weight excluding hydrogens is 308 g/mol. The van der Waals surface area contributed by atoms with Gasteiger partial charge in [0.05, 0.1) is 18.8 Å². The first-order chi connectivity index (χ1) is 9.27. The third-order valence-electron chi connectivity index (χ3n) is 2.60. The molecule has 19 heavy (non-hydrogen) atoms. The molecule has 0 amide bonds. The van der Waals surface area contributed by atoms with Crippen molar-refractivity contribution in [1.29, 1.82) is 0 Å². The van der Waals surface area contributed by atoms with Crippen molar-refractivity contribution in [3.8, 4) is 5.75 Å². The van der Waals surface area contributed by atoms with Crippen LogP contribution in [0.15, 0.2) is 24.3 Å². The molecule has 0 heterocycles. The van der Waals surface area contributed by atoms with Crippen LogP contribution in [0.2, 0.25) is 0 Å². The molecule has 0 spiro atoms. The first-order valence-corrected chi connectivity index (χ1v) is 7.86. The standard InChI is InChI=1S/C15H21BrO3/c1-2-3-10-19-15(17)13-7-6-8-14(12-13)18-11-5-4-9-16/h6-8,12H,2-5,9-11H2,1H3. The van der Waals surface area contributed by atoms with Crippen LogP contribution < -0.4 is 4.74 Å². The Kier molecular flexibility index (Phi) is 8.30. The first kappa shape index (κ1) is 16.0. The van der Waals surface area contributed by atoms with Crippen molar-refractivity contribution in [1.82, 2.24) is 0 Å². The van der Waals surface area contributed by atoms with Crippen LogP contribution in [0.3, 0.4) is 0 Å². The molecule has 0 fully saturated rings. The fourth-order valence-electron chi connectivity index (χ4n) is 1.49. The van der Waals surface area contributed by atoms with Crippen molar-refractivity contribution >= 4 is 21.9 Å². The van der Waals surface area contributed by atoms with Crippen molar-refractivity contribution in [2.24, 2.45) is 0 Å². The van der Waals surface area contributed by atoms with Gasteiger partial charge in [-0.15, -0.1) is 0 Å². The Hall–Kier alpha value is -1.03. The SMILES string of the molecule is CCCCOC(=O)c1cccc(OCCCCBr)c1. The summed E-state index contributed by atoms with van der Waals surface area (Å²) >= 11 is 3.38. The fraction of sp³-hybridized carbons (Fsp3) is 0.533. The number of benzene rings is 1. The maximum absolute atomic E-state index is 11.8. The number of alkyl halides is 1. The van der Waals surface area contributed by atoms with E-state index in [9.17, 15) is 4.79 Å². The van der Waals surface area contributed by atoms with E-state index in [1.165, 1.54) is 0 Å². The van der Waals surface area contributed by atoms with E-state index in [2.05, 4.69) is 22.9 Å². The maximum atomic E-state index is 11.8. The molecule has 0 saturated carbocycles. The Morgan fingerprint density at radius 3 is 2.79 bits per heavy atom. The Morgan fingerprint density at radius 2 is 2.05 bits per heavy atom. The molecular formula is C15H21BrO3. The lowest BCUT2D eigenvalue weighted by atomic mass is 10.2. The van der Waals surface area contributed by atoms with Gasteiger partial charge in [-0.2, -0.15) is 0 Å². The summed E-state index contributed by atoms with van der Waals surface area (Å²) < 4.78 is 10.8. The van der Waals surface area contributed by atoms with E-state index >= 15 is 0 Å². The summed E-state index contributed by atoms with van der Waals surface area (Å²) in [6.07, 6.45) is 3.99. The monoisotopic (exact) mass is 328 g/mol. The zero-order valence-electron chi connectivity index (χ0n) is 11.4. The van der Waals surface area contributed by atoms with Crippen LogP contribution in [0.5, 0.6) is 5.75 Å². The minimum Gasteiger partial charge on any atom is -0.494 e. The largest absolute Gasteiger partial charge is 0.494 e. The molecule has 0 N–H and O–H groups in total. The number of ether oxygens (including phenoxy) is 2. The highest BCUT2D eigenvalue weighted by Gasteiger charge is 2.07. The minimum atomic E-state index is -0.278. The normalized spacial score (nSPS) is 10.2. The highest BCUT2D eigenvalue weighted by atomic mass is 79.9. The number of rotatable bonds is 9. The van der Waals surface area contributed by atoms with Crippen molar-refractivity contribution in [2.45, 2.75) is 32.6 Å². The summed E-state index contributed by atoms with van der Waals surface area (Å²) in [5, 5.41) is 0.986. The van der Waals surface area contributed by atoms with E-state index in [1.807, 2.05) is 12.1 Å². The zero-order valence-corrected chi connectivity index (χ0v) is 12.9. The molecule has 0 bridgehead atoms. The fourth-order valence-corrected chi connectivity index (χ4v) is 1.89. The van der Waals surface area contributed by atoms with Gasteiger partial charge in [-0.3, -0.25) is 0 Å². The second-order valence-electron chi connectivity index (χ2n) is 4.26. The third kappa shape index (κ3) is 6.62. The molecule has 0 unspecified atom stereocenters. The smallest absolute Gasteiger partial charge is 0.338 e. The summed E-state index contributed by atoms with van der Waals surface area (Å²) in [7, 11) is 0. The van der Waals surface area contributed by atoms with Gasteiger partial charge in [0.25, 0.3) is 0 Å². The Labute approximate surface area is 123 Å². The van der Waals surface area contributed by atoms with Crippen LogP contribution in [0.25, 0.3) is 0 Å². The lowest BCUT2D eigenvalue weighted by Crippen LogP contribution is -2.07. The molecule has 0 aliphatic heterocycles. The predicted octanol–water partition coefficient (Wildman–Crippen LogP) is 4.20. The molecule has 106 valence electrons. The van der Waals surface area contributed by atoms with Crippen LogP contribution in [-0.2, 0) is 4.74 Å². The average Bonchev–Trinajstić information content (AvgIpc) is 2.44. The van der Waals surface area contributed by atoms with Gasteiger partial charge in [-0.05, 0) is 37.5 Å². The van der Waals surface area contributed by atoms with E-state index in [-0.39, 0.29) is 5.97 Å². The lowest BCUT2D eigenvalue weighted by molar-refractivity contribution is 0.0499. The van der Waals surface area contributed by atoms with Crippen molar-refractivity contribution in [3.63, 3.8) is 0 Å². The van der Waals surface area contributed by atoms with E-state index in [4.69, 9.17) is 9.47 Å². The van der Waals surface area contributed by atoms with Gasteiger partial charge in [-0.1, -0.05) is 35.3 Å². The highest BCUT2D eigenvalue weighted by molar-refractivity contribution is 9.09. The zero-order chi connectivity index (χ0) is 13.9. The lowest BCUT2D eigenvalue weighted by Gasteiger charge is -2.08. The number of carbonyl (C=O) groups excluding carboxylic acids is 1. The summed E-state index contributed by atoms with van der Waals surface area (Å²) in [6.45, 7) is 3.21. The molecule has 0 atom stereocenters. The molecule has 0 aromatic heterocycles. The molecule has 0 saturated heterocycles.